The average molecular weight is 247 g/mol. The predicted octanol–water partition coefficient (Wildman–Crippen LogP) is 1.35. The molecule has 0 bridgehead atoms. The highest BCUT2D eigenvalue weighted by atomic mass is 16.5. The zero-order chi connectivity index (χ0) is 13.3. The molecule has 1 heterocycles. The number of hydrogen-bond donors (Lipinski definition) is 0. The first-order chi connectivity index (χ1) is 8.54. The van der Waals surface area contributed by atoms with E-state index in [2.05, 4.69) is 4.98 Å². The number of carbonyl (C=O) groups excluding carboxylic acids is 1. The summed E-state index contributed by atoms with van der Waals surface area (Å²) in [6, 6.07) is 5.43. The lowest BCUT2D eigenvalue weighted by Gasteiger charge is -2.22. The summed E-state index contributed by atoms with van der Waals surface area (Å²) in [6.07, 6.45) is 1.76. The number of benzene rings is 1. The van der Waals surface area contributed by atoms with E-state index in [1.54, 1.807) is 6.33 Å². The molecule has 96 valence electrons. The van der Waals surface area contributed by atoms with Gasteiger partial charge < -0.3 is 9.30 Å². The molecule has 0 radical (unpaired) electrons. The van der Waals surface area contributed by atoms with E-state index >= 15 is 0 Å². The molecular weight excluding hydrogens is 230 g/mol. The number of imidazole rings is 1. The lowest BCUT2D eigenvalue weighted by atomic mass is 10.1. The molecule has 1 aromatic carbocycles. The highest BCUT2D eigenvalue weighted by molar-refractivity contribution is 5.81. The van der Waals surface area contributed by atoms with Crippen LogP contribution in [-0.4, -0.2) is 41.6 Å². The largest absolute Gasteiger partial charge is 0.468 e. The molecule has 0 N–H and O–H groups in total. The molecule has 0 saturated heterocycles. The fourth-order valence-electron chi connectivity index (χ4n) is 2.08. The molecule has 0 saturated carbocycles. The Morgan fingerprint density at radius 1 is 1.44 bits per heavy atom. The van der Waals surface area contributed by atoms with Crippen molar-refractivity contribution < 1.29 is 9.53 Å². The number of methoxy groups -OCH3 is 1. The van der Waals surface area contributed by atoms with Gasteiger partial charge in [0.15, 0.2) is 0 Å². The standard InChI is InChI=1S/C13H17N3O2/c1-15(2)12(13(17)18-4)9-5-6-11-10(7-9)14-8-16(11)3/h5-8,12H,1-4H3. The van der Waals surface area contributed by atoms with Crippen LogP contribution >= 0.6 is 0 Å². The Morgan fingerprint density at radius 3 is 2.78 bits per heavy atom. The van der Waals surface area contributed by atoms with Gasteiger partial charge in [-0.25, -0.2) is 9.78 Å². The van der Waals surface area contributed by atoms with Crippen LogP contribution < -0.4 is 0 Å². The summed E-state index contributed by atoms with van der Waals surface area (Å²) >= 11 is 0. The van der Waals surface area contributed by atoms with E-state index in [1.807, 2.05) is 48.8 Å². The van der Waals surface area contributed by atoms with Gasteiger partial charge in [-0.1, -0.05) is 6.07 Å². The number of aromatic nitrogens is 2. The van der Waals surface area contributed by atoms with E-state index in [1.165, 1.54) is 7.11 Å². The van der Waals surface area contributed by atoms with Gasteiger partial charge in [-0.15, -0.1) is 0 Å². The zero-order valence-corrected chi connectivity index (χ0v) is 11.0. The fraction of sp³-hybridized carbons (Fsp3) is 0.385. The number of ether oxygens (including phenoxy) is 1. The van der Waals surface area contributed by atoms with Crippen LogP contribution in [0.2, 0.25) is 0 Å². The van der Waals surface area contributed by atoms with E-state index in [-0.39, 0.29) is 5.97 Å². The Morgan fingerprint density at radius 2 is 2.17 bits per heavy atom. The van der Waals surface area contributed by atoms with Crippen molar-refractivity contribution in [3.63, 3.8) is 0 Å². The number of aryl methyl sites for hydroxylation is 1. The van der Waals surface area contributed by atoms with Crippen LogP contribution in [0.15, 0.2) is 24.5 Å². The first-order valence-corrected chi connectivity index (χ1v) is 5.70. The second-order valence-corrected chi connectivity index (χ2v) is 4.49. The van der Waals surface area contributed by atoms with Crippen LogP contribution in [0.4, 0.5) is 0 Å². The third kappa shape index (κ3) is 2.09. The first-order valence-electron chi connectivity index (χ1n) is 5.70. The minimum atomic E-state index is -0.401. The van der Waals surface area contributed by atoms with E-state index in [4.69, 9.17) is 4.74 Å². The van der Waals surface area contributed by atoms with Crippen LogP contribution in [0, 0.1) is 0 Å². The molecule has 2 rings (SSSR count). The van der Waals surface area contributed by atoms with Crippen molar-refractivity contribution in [1.82, 2.24) is 14.5 Å². The maximum Gasteiger partial charge on any atom is 0.327 e. The Kier molecular flexibility index (Phi) is 3.34. The summed E-state index contributed by atoms with van der Waals surface area (Å²) in [5, 5.41) is 0. The molecule has 5 heteroatoms. The lowest BCUT2D eigenvalue weighted by molar-refractivity contribution is -0.146. The van der Waals surface area contributed by atoms with Crippen molar-refractivity contribution >= 4 is 17.0 Å². The molecule has 0 aliphatic rings. The second-order valence-electron chi connectivity index (χ2n) is 4.49. The number of likely N-dealkylation sites (N-methyl/N-ethyl adjacent to an activating group) is 1. The van der Waals surface area contributed by atoms with Gasteiger partial charge in [-0.2, -0.15) is 0 Å². The van der Waals surface area contributed by atoms with Gasteiger partial charge in [0.1, 0.15) is 6.04 Å². The van der Waals surface area contributed by atoms with Gasteiger partial charge in [0.25, 0.3) is 0 Å². The molecule has 1 unspecified atom stereocenters. The normalized spacial score (nSPS) is 12.9. The number of fused-ring (bicyclic) bond motifs is 1. The van der Waals surface area contributed by atoms with E-state index < -0.39 is 6.04 Å². The summed E-state index contributed by atoms with van der Waals surface area (Å²) in [7, 11) is 7.05. The monoisotopic (exact) mass is 247 g/mol. The van der Waals surface area contributed by atoms with Crippen LogP contribution in [0.25, 0.3) is 11.0 Å². The Balaban J connectivity index is 2.48. The topological polar surface area (TPSA) is 47.4 Å². The highest BCUT2D eigenvalue weighted by Gasteiger charge is 2.24. The molecule has 5 nitrogen and oxygen atoms in total. The average Bonchev–Trinajstić information content (AvgIpc) is 2.70. The molecular formula is C13H17N3O2. The lowest BCUT2D eigenvalue weighted by Crippen LogP contribution is -2.28. The Bertz CT molecular complexity index is 575. The SMILES string of the molecule is COC(=O)C(c1ccc2c(c1)ncn2C)N(C)C. The van der Waals surface area contributed by atoms with Crippen molar-refractivity contribution in [2.45, 2.75) is 6.04 Å². The van der Waals surface area contributed by atoms with Gasteiger partial charge in [0.05, 0.1) is 24.5 Å². The van der Waals surface area contributed by atoms with Crippen molar-refractivity contribution in [3.05, 3.63) is 30.1 Å². The molecule has 0 aliphatic carbocycles. The predicted molar refractivity (Wildman–Crippen MR) is 69.2 cm³/mol. The first kappa shape index (κ1) is 12.6. The number of nitrogens with zero attached hydrogens (tertiary/aromatic N) is 3. The van der Waals surface area contributed by atoms with Gasteiger partial charge in [-0.3, -0.25) is 4.90 Å². The number of carbonyl (C=O) groups is 1. The third-order valence-corrected chi connectivity index (χ3v) is 3.01. The maximum atomic E-state index is 11.8. The molecule has 0 fully saturated rings. The molecule has 0 spiro atoms. The maximum absolute atomic E-state index is 11.8. The third-order valence-electron chi connectivity index (χ3n) is 3.01. The van der Waals surface area contributed by atoms with Crippen LogP contribution in [0.1, 0.15) is 11.6 Å². The molecule has 0 aliphatic heterocycles. The van der Waals surface area contributed by atoms with Crippen LogP contribution in [0.3, 0.4) is 0 Å². The van der Waals surface area contributed by atoms with Gasteiger partial charge >= 0.3 is 5.97 Å². The number of esters is 1. The number of hydrogen-bond acceptors (Lipinski definition) is 4. The van der Waals surface area contributed by atoms with Crippen molar-refractivity contribution in [3.8, 4) is 0 Å². The van der Waals surface area contributed by atoms with E-state index in [0.717, 1.165) is 16.6 Å². The van der Waals surface area contributed by atoms with Crippen molar-refractivity contribution in [1.29, 1.82) is 0 Å². The van der Waals surface area contributed by atoms with Gasteiger partial charge in [0.2, 0.25) is 0 Å². The van der Waals surface area contributed by atoms with Gasteiger partial charge in [-0.05, 0) is 31.8 Å². The molecule has 18 heavy (non-hydrogen) atoms. The summed E-state index contributed by atoms with van der Waals surface area (Å²) in [4.78, 5) is 17.9. The quantitative estimate of drug-likeness (QED) is 0.768. The van der Waals surface area contributed by atoms with Crippen LogP contribution in [-0.2, 0) is 16.6 Å². The second kappa shape index (κ2) is 4.78. The Hall–Kier alpha value is -1.88. The molecule has 2 aromatic rings. The summed E-state index contributed by atoms with van der Waals surface area (Å²) in [6.45, 7) is 0. The summed E-state index contributed by atoms with van der Waals surface area (Å²) in [5.41, 5.74) is 2.81. The number of rotatable bonds is 3. The fourth-order valence-corrected chi connectivity index (χ4v) is 2.08. The summed E-state index contributed by atoms with van der Waals surface area (Å²) < 4.78 is 6.79. The molecule has 0 amide bonds. The Labute approximate surface area is 106 Å². The molecule has 1 aromatic heterocycles. The van der Waals surface area contributed by atoms with Crippen LogP contribution in [0.5, 0.6) is 0 Å². The van der Waals surface area contributed by atoms with Crippen molar-refractivity contribution in [2.75, 3.05) is 21.2 Å². The molecule has 1 atom stereocenters. The zero-order valence-electron chi connectivity index (χ0n) is 11.0. The van der Waals surface area contributed by atoms with Gasteiger partial charge in [0, 0.05) is 7.05 Å². The minimum Gasteiger partial charge on any atom is -0.468 e. The van der Waals surface area contributed by atoms with E-state index in [0.29, 0.717) is 0 Å². The minimum absolute atomic E-state index is 0.268. The van der Waals surface area contributed by atoms with Crippen molar-refractivity contribution in [2.24, 2.45) is 7.05 Å². The van der Waals surface area contributed by atoms with E-state index in [9.17, 15) is 4.79 Å². The smallest absolute Gasteiger partial charge is 0.327 e. The highest BCUT2D eigenvalue weighted by Crippen LogP contribution is 2.23. The summed E-state index contributed by atoms with van der Waals surface area (Å²) in [5.74, 6) is -0.268.